The minimum atomic E-state index is -4.51. The number of alkyl halides is 3. The quantitative estimate of drug-likeness (QED) is 0.814. The number of nitrogens with one attached hydrogen (secondary N) is 1. The molecule has 0 atom stereocenters. The maximum absolute atomic E-state index is 13.0. The van der Waals surface area contributed by atoms with E-state index in [0.29, 0.717) is 31.2 Å². The van der Waals surface area contributed by atoms with Crippen molar-refractivity contribution in [2.45, 2.75) is 12.7 Å². The third-order valence-corrected chi connectivity index (χ3v) is 4.70. The number of urea groups is 1. The molecule has 1 aliphatic rings. The van der Waals surface area contributed by atoms with Crippen LogP contribution in [0.25, 0.3) is 0 Å². The van der Waals surface area contributed by atoms with Gasteiger partial charge in [-0.15, -0.1) is 0 Å². The second kappa shape index (κ2) is 8.19. The molecule has 1 fully saturated rings. The van der Waals surface area contributed by atoms with Gasteiger partial charge in [0.05, 0.1) is 11.3 Å². The molecule has 2 aromatic carbocycles. The molecule has 3 rings (SSSR count). The molecule has 4 nitrogen and oxygen atoms in total. The van der Waals surface area contributed by atoms with Crippen LogP contribution in [0.5, 0.6) is 0 Å². The van der Waals surface area contributed by atoms with Crippen molar-refractivity contribution in [1.29, 1.82) is 0 Å². The fourth-order valence-electron chi connectivity index (χ4n) is 2.99. The molecule has 0 aliphatic carbocycles. The zero-order valence-electron chi connectivity index (χ0n) is 14.5. The van der Waals surface area contributed by atoms with E-state index >= 15 is 0 Å². The number of nitrogens with zero attached hydrogens (tertiary/aromatic N) is 2. The van der Waals surface area contributed by atoms with Crippen LogP contribution in [0.15, 0.2) is 48.5 Å². The van der Waals surface area contributed by atoms with E-state index in [1.807, 2.05) is 24.3 Å². The lowest BCUT2D eigenvalue weighted by molar-refractivity contribution is -0.136. The first kappa shape index (κ1) is 19.5. The number of halogens is 4. The summed E-state index contributed by atoms with van der Waals surface area (Å²) in [5, 5.41) is 3.07. The lowest BCUT2D eigenvalue weighted by Gasteiger charge is -2.34. The van der Waals surface area contributed by atoms with Crippen molar-refractivity contribution in [3.8, 4) is 0 Å². The van der Waals surface area contributed by atoms with E-state index in [1.165, 1.54) is 23.1 Å². The summed E-state index contributed by atoms with van der Waals surface area (Å²) < 4.78 is 39.1. The summed E-state index contributed by atoms with van der Waals surface area (Å²) in [6.07, 6.45) is -4.51. The Hall–Kier alpha value is -2.25. The van der Waals surface area contributed by atoms with Gasteiger partial charge in [-0.3, -0.25) is 4.90 Å². The van der Waals surface area contributed by atoms with Gasteiger partial charge in [-0.25, -0.2) is 4.79 Å². The SMILES string of the molecule is O=C(Nc1ccccc1C(F)(F)F)N1CCN(Cc2ccc(Cl)cc2)CC1. The highest BCUT2D eigenvalue weighted by Gasteiger charge is 2.34. The van der Waals surface area contributed by atoms with Crippen molar-refractivity contribution in [3.63, 3.8) is 0 Å². The molecule has 0 bridgehead atoms. The summed E-state index contributed by atoms with van der Waals surface area (Å²) in [5.74, 6) is 0. The van der Waals surface area contributed by atoms with Crippen molar-refractivity contribution < 1.29 is 18.0 Å². The molecule has 0 radical (unpaired) electrons. The van der Waals surface area contributed by atoms with E-state index in [2.05, 4.69) is 10.2 Å². The third kappa shape index (κ3) is 5.14. The summed E-state index contributed by atoms with van der Waals surface area (Å²) in [7, 11) is 0. The number of rotatable bonds is 3. The minimum absolute atomic E-state index is 0.224. The first-order valence-corrected chi connectivity index (χ1v) is 8.90. The molecule has 27 heavy (non-hydrogen) atoms. The molecular weight excluding hydrogens is 379 g/mol. The topological polar surface area (TPSA) is 35.6 Å². The van der Waals surface area contributed by atoms with Crippen molar-refractivity contribution in [2.75, 3.05) is 31.5 Å². The zero-order valence-corrected chi connectivity index (χ0v) is 15.2. The molecule has 0 aromatic heterocycles. The molecular formula is C19H19ClF3N3O. The normalized spacial score (nSPS) is 15.6. The second-order valence-electron chi connectivity index (χ2n) is 6.36. The predicted octanol–water partition coefficient (Wildman–Crippen LogP) is 4.71. The molecule has 1 saturated heterocycles. The average Bonchev–Trinajstić information content (AvgIpc) is 2.64. The molecule has 8 heteroatoms. The third-order valence-electron chi connectivity index (χ3n) is 4.45. The number of hydrogen-bond acceptors (Lipinski definition) is 2. The molecule has 2 amide bonds. The number of benzene rings is 2. The van der Waals surface area contributed by atoms with E-state index in [4.69, 9.17) is 11.6 Å². The number of hydrogen-bond donors (Lipinski definition) is 1. The van der Waals surface area contributed by atoms with Gasteiger partial charge in [0.2, 0.25) is 0 Å². The fourth-order valence-corrected chi connectivity index (χ4v) is 3.12. The molecule has 2 aromatic rings. The van der Waals surface area contributed by atoms with Crippen molar-refractivity contribution in [3.05, 3.63) is 64.7 Å². The largest absolute Gasteiger partial charge is 0.418 e. The van der Waals surface area contributed by atoms with Crippen LogP contribution in [0.4, 0.5) is 23.7 Å². The summed E-state index contributed by atoms with van der Waals surface area (Å²) in [6, 6.07) is 12.0. The molecule has 1 heterocycles. The van der Waals surface area contributed by atoms with Crippen LogP contribution in [-0.4, -0.2) is 42.0 Å². The van der Waals surface area contributed by atoms with Gasteiger partial charge in [-0.1, -0.05) is 35.9 Å². The van der Waals surface area contributed by atoms with Crippen molar-refractivity contribution in [2.24, 2.45) is 0 Å². The highest BCUT2D eigenvalue weighted by molar-refractivity contribution is 6.30. The molecule has 0 spiro atoms. The molecule has 1 N–H and O–H groups in total. The zero-order chi connectivity index (χ0) is 19.4. The Labute approximate surface area is 160 Å². The number of anilines is 1. The van der Waals surface area contributed by atoms with Gasteiger partial charge in [-0.05, 0) is 29.8 Å². The first-order chi connectivity index (χ1) is 12.8. The Bertz CT molecular complexity index is 788. The first-order valence-electron chi connectivity index (χ1n) is 8.52. The van der Waals surface area contributed by atoms with Crippen LogP contribution < -0.4 is 5.32 Å². The maximum Gasteiger partial charge on any atom is 0.418 e. The number of carbonyl (C=O) groups is 1. The summed E-state index contributed by atoms with van der Waals surface area (Å²) in [5.41, 5.74) is 0.0507. The highest BCUT2D eigenvalue weighted by Crippen LogP contribution is 2.34. The van der Waals surface area contributed by atoms with Crippen molar-refractivity contribution >= 4 is 23.3 Å². The number of piperazine rings is 1. The minimum Gasteiger partial charge on any atom is -0.322 e. The monoisotopic (exact) mass is 397 g/mol. The Morgan fingerprint density at radius 1 is 1.00 bits per heavy atom. The molecule has 0 saturated carbocycles. The lowest BCUT2D eigenvalue weighted by Crippen LogP contribution is -2.49. The van der Waals surface area contributed by atoms with Crippen LogP contribution in [-0.2, 0) is 12.7 Å². The van der Waals surface area contributed by atoms with E-state index < -0.39 is 17.8 Å². The molecule has 144 valence electrons. The average molecular weight is 398 g/mol. The second-order valence-corrected chi connectivity index (χ2v) is 6.80. The smallest absolute Gasteiger partial charge is 0.322 e. The van der Waals surface area contributed by atoms with E-state index in [9.17, 15) is 18.0 Å². The summed E-state index contributed by atoms with van der Waals surface area (Å²) >= 11 is 5.88. The van der Waals surface area contributed by atoms with Gasteiger partial charge in [0.15, 0.2) is 0 Å². The van der Waals surface area contributed by atoms with E-state index in [0.717, 1.165) is 18.2 Å². The Balaban J connectivity index is 1.55. The van der Waals surface area contributed by atoms with E-state index in [1.54, 1.807) is 0 Å². The van der Waals surface area contributed by atoms with Gasteiger partial charge in [0, 0.05) is 37.7 Å². The number of para-hydroxylation sites is 1. The van der Waals surface area contributed by atoms with Gasteiger partial charge in [0.25, 0.3) is 0 Å². The van der Waals surface area contributed by atoms with Gasteiger partial charge in [0.1, 0.15) is 0 Å². The Kier molecular flexibility index (Phi) is 5.92. The van der Waals surface area contributed by atoms with Crippen LogP contribution in [0.3, 0.4) is 0 Å². The van der Waals surface area contributed by atoms with E-state index in [-0.39, 0.29) is 5.69 Å². The number of carbonyl (C=O) groups excluding carboxylic acids is 1. The van der Waals surface area contributed by atoms with Gasteiger partial charge >= 0.3 is 12.2 Å². The van der Waals surface area contributed by atoms with Crippen LogP contribution in [0, 0.1) is 0 Å². The molecule has 1 aliphatic heterocycles. The van der Waals surface area contributed by atoms with Gasteiger partial charge in [-0.2, -0.15) is 13.2 Å². The summed E-state index contributed by atoms with van der Waals surface area (Å²) in [4.78, 5) is 16.1. The highest BCUT2D eigenvalue weighted by atomic mass is 35.5. The van der Waals surface area contributed by atoms with Crippen molar-refractivity contribution in [1.82, 2.24) is 9.80 Å². The Morgan fingerprint density at radius 2 is 1.63 bits per heavy atom. The lowest BCUT2D eigenvalue weighted by atomic mass is 10.1. The van der Waals surface area contributed by atoms with Crippen LogP contribution in [0.1, 0.15) is 11.1 Å². The predicted molar refractivity (Wildman–Crippen MR) is 98.8 cm³/mol. The summed E-state index contributed by atoms with van der Waals surface area (Å²) in [6.45, 7) is 2.94. The number of amides is 2. The van der Waals surface area contributed by atoms with Crippen LogP contribution in [0.2, 0.25) is 5.02 Å². The maximum atomic E-state index is 13.0. The molecule has 0 unspecified atom stereocenters. The standard InChI is InChI=1S/C19H19ClF3N3O/c20-15-7-5-14(6-8-15)13-25-9-11-26(12-10-25)18(27)24-17-4-2-1-3-16(17)19(21,22)23/h1-8H,9-13H2,(H,24,27). The van der Waals surface area contributed by atoms with Gasteiger partial charge < -0.3 is 10.2 Å². The Morgan fingerprint density at radius 3 is 2.26 bits per heavy atom. The fraction of sp³-hybridized carbons (Fsp3) is 0.316. The van der Waals surface area contributed by atoms with Crippen LogP contribution >= 0.6 is 11.6 Å².